The molecule has 1 fully saturated rings. The predicted octanol–water partition coefficient (Wildman–Crippen LogP) is -0.517. The number of aliphatic hydroxyl groups excluding tert-OH is 3. The highest BCUT2D eigenvalue weighted by Crippen LogP contribution is 2.38. The first-order valence-corrected chi connectivity index (χ1v) is 5.87. The van der Waals surface area contributed by atoms with Gasteiger partial charge in [0.25, 0.3) is 0 Å². The average Bonchev–Trinajstić information content (AvgIpc) is 2.37. The van der Waals surface area contributed by atoms with Gasteiger partial charge < -0.3 is 29.9 Å². The van der Waals surface area contributed by atoms with E-state index in [4.69, 9.17) is 5.11 Å². The molecule has 0 saturated carbocycles. The third-order valence-electron chi connectivity index (χ3n) is 2.93. The van der Waals surface area contributed by atoms with E-state index in [1.807, 2.05) is 0 Å². The molecule has 0 aromatic heterocycles. The van der Waals surface area contributed by atoms with Gasteiger partial charge in [0, 0.05) is 6.42 Å². The molecule has 1 saturated heterocycles. The van der Waals surface area contributed by atoms with Crippen molar-refractivity contribution in [3.63, 3.8) is 0 Å². The molecule has 0 spiro atoms. The maximum atomic E-state index is 12.6. The smallest absolute Gasteiger partial charge is 0.453 e. The van der Waals surface area contributed by atoms with Gasteiger partial charge in [-0.25, -0.2) is 4.79 Å². The van der Waals surface area contributed by atoms with Crippen molar-refractivity contribution in [2.75, 3.05) is 6.61 Å². The highest BCUT2D eigenvalue weighted by atomic mass is 19.4. The highest BCUT2D eigenvalue weighted by Gasteiger charge is 2.57. The van der Waals surface area contributed by atoms with Gasteiger partial charge in [-0.15, -0.1) is 0 Å². The third kappa shape index (κ3) is 4.01. The molecule has 0 bridgehead atoms. The minimum atomic E-state index is -5.79. The second-order valence-electron chi connectivity index (χ2n) is 4.56. The van der Waals surface area contributed by atoms with E-state index in [-0.39, 0.29) is 0 Å². The normalized spacial score (nSPS) is 33.7. The lowest BCUT2D eigenvalue weighted by atomic mass is 9.99. The summed E-state index contributed by atoms with van der Waals surface area (Å²) >= 11 is 0. The lowest BCUT2D eigenvalue weighted by Crippen LogP contribution is -2.60. The van der Waals surface area contributed by atoms with Gasteiger partial charge in [0.15, 0.2) is 12.4 Å². The Morgan fingerprint density at radius 3 is 2.05 bits per heavy atom. The van der Waals surface area contributed by atoms with Crippen LogP contribution in [0.3, 0.4) is 0 Å². The van der Waals surface area contributed by atoms with E-state index in [1.54, 1.807) is 0 Å². The predicted molar refractivity (Wildman–Crippen MR) is 55.9 cm³/mol. The molecule has 0 radical (unpaired) electrons. The van der Waals surface area contributed by atoms with Gasteiger partial charge >= 0.3 is 18.1 Å². The number of ether oxygens (including phenoxy) is 2. The number of alkyl halides is 5. The Balaban J connectivity index is 2.63. The molecule has 0 aromatic rings. The van der Waals surface area contributed by atoms with Gasteiger partial charge in [0.1, 0.15) is 18.3 Å². The fourth-order valence-electron chi connectivity index (χ4n) is 1.63. The molecule has 0 aromatic carbocycles. The monoisotopic (exact) mass is 340 g/mol. The molecular formula is C10H13F5O7. The topological polar surface area (TPSA) is 116 Å². The van der Waals surface area contributed by atoms with Crippen molar-refractivity contribution in [2.24, 2.45) is 0 Å². The molecule has 5 atom stereocenters. The maximum Gasteiger partial charge on any atom is 0.453 e. The van der Waals surface area contributed by atoms with Crippen molar-refractivity contribution in [1.29, 1.82) is 0 Å². The number of hydrogen-bond donors (Lipinski definition) is 4. The Bertz CT molecular complexity index is 402. The lowest BCUT2D eigenvalue weighted by molar-refractivity contribution is -0.310. The first-order valence-electron chi connectivity index (χ1n) is 5.87. The summed E-state index contributed by atoms with van der Waals surface area (Å²) in [6.45, 7) is -1.23. The molecule has 130 valence electrons. The van der Waals surface area contributed by atoms with Crippen LogP contribution >= 0.6 is 0 Å². The molecule has 1 rings (SSSR count). The summed E-state index contributed by atoms with van der Waals surface area (Å²) in [5, 5.41) is 36.8. The Labute approximate surface area is 119 Å². The van der Waals surface area contributed by atoms with Crippen molar-refractivity contribution in [3.8, 4) is 0 Å². The van der Waals surface area contributed by atoms with Crippen molar-refractivity contribution < 1.29 is 56.6 Å². The minimum Gasteiger partial charge on any atom is -0.479 e. The summed E-state index contributed by atoms with van der Waals surface area (Å²) in [6.07, 6.45) is -17.7. The van der Waals surface area contributed by atoms with Crippen LogP contribution in [-0.4, -0.2) is 75.8 Å². The molecule has 0 aliphatic carbocycles. The minimum absolute atomic E-state index is 1.23. The molecule has 4 N–H and O–H groups in total. The van der Waals surface area contributed by atoms with Crippen LogP contribution in [0.1, 0.15) is 6.42 Å². The first kappa shape index (κ1) is 19.0. The number of carbonyl (C=O) groups is 1. The maximum absolute atomic E-state index is 12.6. The number of rotatable bonds is 5. The molecule has 7 nitrogen and oxygen atoms in total. The number of carboxylic acids is 1. The Morgan fingerprint density at radius 1 is 1.05 bits per heavy atom. The van der Waals surface area contributed by atoms with Crippen LogP contribution in [-0.2, 0) is 14.3 Å². The van der Waals surface area contributed by atoms with Gasteiger partial charge in [-0.2, -0.15) is 22.0 Å². The molecule has 12 heteroatoms. The average molecular weight is 340 g/mol. The summed E-state index contributed by atoms with van der Waals surface area (Å²) in [6, 6.07) is 0. The van der Waals surface area contributed by atoms with Crippen molar-refractivity contribution >= 4 is 5.97 Å². The molecular weight excluding hydrogens is 327 g/mol. The van der Waals surface area contributed by atoms with Gasteiger partial charge in [-0.05, 0) is 0 Å². The Kier molecular flexibility index (Phi) is 5.67. The summed E-state index contributed by atoms with van der Waals surface area (Å²) in [4.78, 5) is 10.7. The van der Waals surface area contributed by atoms with Gasteiger partial charge in [0.05, 0.1) is 6.61 Å². The molecule has 0 unspecified atom stereocenters. The van der Waals surface area contributed by atoms with Crippen molar-refractivity contribution in [3.05, 3.63) is 0 Å². The fourth-order valence-corrected chi connectivity index (χ4v) is 1.63. The fraction of sp³-hybridized carbons (Fsp3) is 0.900. The van der Waals surface area contributed by atoms with Crippen LogP contribution in [0.4, 0.5) is 22.0 Å². The third-order valence-corrected chi connectivity index (χ3v) is 2.93. The SMILES string of the molecule is O=C(O)[C@H]1O[C@@H](OCCC(F)(F)C(F)(F)F)[C@H](O)[C@@H](O)[C@@H]1O. The summed E-state index contributed by atoms with van der Waals surface area (Å²) < 4.78 is 70.0. The summed E-state index contributed by atoms with van der Waals surface area (Å²) in [5.41, 5.74) is 0. The number of carboxylic acid groups (broad SMARTS) is 1. The summed E-state index contributed by atoms with van der Waals surface area (Å²) in [5.74, 6) is -6.79. The van der Waals surface area contributed by atoms with Crippen LogP contribution in [0.5, 0.6) is 0 Å². The first-order chi connectivity index (χ1) is 9.88. The zero-order chi connectivity index (χ0) is 17.3. The van der Waals surface area contributed by atoms with E-state index in [0.29, 0.717) is 0 Å². The van der Waals surface area contributed by atoms with Crippen LogP contribution in [0.25, 0.3) is 0 Å². The zero-order valence-corrected chi connectivity index (χ0v) is 10.7. The molecule has 1 heterocycles. The van der Waals surface area contributed by atoms with Gasteiger partial charge in [0.2, 0.25) is 0 Å². The molecule has 0 amide bonds. The number of halogens is 5. The number of aliphatic hydroxyl groups is 3. The molecule has 22 heavy (non-hydrogen) atoms. The number of aliphatic carboxylic acids is 1. The molecule has 1 aliphatic rings. The summed E-state index contributed by atoms with van der Waals surface area (Å²) in [7, 11) is 0. The van der Waals surface area contributed by atoms with Gasteiger partial charge in [-0.3, -0.25) is 0 Å². The van der Waals surface area contributed by atoms with Crippen molar-refractivity contribution in [1.82, 2.24) is 0 Å². The number of hydrogen-bond acceptors (Lipinski definition) is 6. The van der Waals surface area contributed by atoms with E-state index in [2.05, 4.69) is 9.47 Å². The lowest BCUT2D eigenvalue weighted by Gasteiger charge is -2.38. The highest BCUT2D eigenvalue weighted by molar-refractivity contribution is 5.73. The van der Waals surface area contributed by atoms with Crippen LogP contribution in [0, 0.1) is 0 Å². The standard InChI is InChI=1S/C10H13F5O7/c11-9(12,10(13,14)15)1-2-21-8-5(18)3(16)4(17)6(22-8)7(19)20/h3-6,8,16-18H,1-2H2,(H,19,20)/t3-,4-,5+,6-,8+/m0/s1. The van der Waals surface area contributed by atoms with Crippen molar-refractivity contribution in [2.45, 2.75) is 49.2 Å². The van der Waals surface area contributed by atoms with E-state index in [1.165, 1.54) is 0 Å². The van der Waals surface area contributed by atoms with Crippen LogP contribution in [0.2, 0.25) is 0 Å². The van der Waals surface area contributed by atoms with Gasteiger partial charge in [-0.1, -0.05) is 0 Å². The van der Waals surface area contributed by atoms with E-state index < -0.39 is 61.8 Å². The Hall–Kier alpha value is -1.08. The Morgan fingerprint density at radius 2 is 1.59 bits per heavy atom. The molecule has 1 aliphatic heterocycles. The quantitative estimate of drug-likeness (QED) is 0.498. The second-order valence-corrected chi connectivity index (χ2v) is 4.56. The van der Waals surface area contributed by atoms with E-state index in [9.17, 15) is 42.1 Å². The van der Waals surface area contributed by atoms with E-state index >= 15 is 0 Å². The van der Waals surface area contributed by atoms with Crippen LogP contribution < -0.4 is 0 Å². The van der Waals surface area contributed by atoms with Crippen LogP contribution in [0.15, 0.2) is 0 Å². The largest absolute Gasteiger partial charge is 0.479 e. The zero-order valence-electron chi connectivity index (χ0n) is 10.7. The second kappa shape index (κ2) is 6.58. The van der Waals surface area contributed by atoms with E-state index in [0.717, 1.165) is 0 Å².